The van der Waals surface area contributed by atoms with Gasteiger partial charge in [-0.3, -0.25) is 4.79 Å². The lowest BCUT2D eigenvalue weighted by Gasteiger charge is -2.04. The Kier molecular flexibility index (Phi) is 4.98. The number of phenols is 1. The van der Waals surface area contributed by atoms with Gasteiger partial charge in [0, 0.05) is 30.9 Å². The van der Waals surface area contributed by atoms with E-state index in [0.717, 1.165) is 11.3 Å². The third-order valence-corrected chi connectivity index (χ3v) is 2.88. The Hall–Kier alpha value is -2.76. The van der Waals surface area contributed by atoms with E-state index in [9.17, 15) is 9.90 Å². The summed E-state index contributed by atoms with van der Waals surface area (Å²) in [7, 11) is 1.48. The molecule has 2 rings (SSSR count). The molecule has 1 amide bonds. The van der Waals surface area contributed by atoms with Crippen molar-refractivity contribution in [3.8, 4) is 11.5 Å². The lowest BCUT2D eigenvalue weighted by molar-refractivity contribution is -0.116. The van der Waals surface area contributed by atoms with E-state index in [1.165, 1.54) is 19.3 Å². The van der Waals surface area contributed by atoms with Gasteiger partial charge in [-0.2, -0.15) is 0 Å². The molecule has 0 atom stereocenters. The normalized spacial score (nSPS) is 10.7. The summed E-state index contributed by atoms with van der Waals surface area (Å²) >= 11 is 0. The second kappa shape index (κ2) is 7.14. The Bertz CT molecular complexity index is 621. The van der Waals surface area contributed by atoms with Crippen LogP contribution in [0.25, 0.3) is 6.08 Å². The number of imidazole rings is 1. The quantitative estimate of drug-likeness (QED) is 0.703. The van der Waals surface area contributed by atoms with Crippen molar-refractivity contribution in [1.82, 2.24) is 15.3 Å². The van der Waals surface area contributed by atoms with Crippen LogP contribution in [0, 0.1) is 0 Å². The number of aromatic amines is 1. The van der Waals surface area contributed by atoms with Gasteiger partial charge in [-0.05, 0) is 23.8 Å². The van der Waals surface area contributed by atoms with Gasteiger partial charge < -0.3 is 20.1 Å². The number of aromatic nitrogens is 2. The van der Waals surface area contributed by atoms with Gasteiger partial charge in [0.15, 0.2) is 11.5 Å². The van der Waals surface area contributed by atoms with E-state index in [0.29, 0.717) is 18.7 Å². The molecule has 6 heteroatoms. The second-order valence-electron chi connectivity index (χ2n) is 4.38. The second-order valence-corrected chi connectivity index (χ2v) is 4.38. The van der Waals surface area contributed by atoms with Crippen molar-refractivity contribution in [3.63, 3.8) is 0 Å². The predicted molar refractivity (Wildman–Crippen MR) is 79.0 cm³/mol. The number of carbonyl (C=O) groups excluding carboxylic acids is 1. The smallest absolute Gasteiger partial charge is 0.244 e. The van der Waals surface area contributed by atoms with E-state index in [-0.39, 0.29) is 11.7 Å². The molecule has 21 heavy (non-hydrogen) atoms. The van der Waals surface area contributed by atoms with E-state index >= 15 is 0 Å². The largest absolute Gasteiger partial charge is 0.504 e. The summed E-state index contributed by atoms with van der Waals surface area (Å²) in [5, 5.41) is 12.3. The molecule has 0 radical (unpaired) electrons. The number of hydrogen-bond acceptors (Lipinski definition) is 4. The van der Waals surface area contributed by atoms with Crippen molar-refractivity contribution in [2.45, 2.75) is 6.42 Å². The molecule has 110 valence electrons. The van der Waals surface area contributed by atoms with Gasteiger partial charge in [-0.25, -0.2) is 4.98 Å². The van der Waals surface area contributed by atoms with Crippen LogP contribution in [0.5, 0.6) is 11.5 Å². The Morgan fingerprint density at radius 1 is 1.52 bits per heavy atom. The molecule has 2 aromatic rings. The zero-order valence-electron chi connectivity index (χ0n) is 11.7. The van der Waals surface area contributed by atoms with Crippen molar-refractivity contribution >= 4 is 12.0 Å². The average molecular weight is 287 g/mol. The van der Waals surface area contributed by atoms with Gasteiger partial charge >= 0.3 is 0 Å². The van der Waals surface area contributed by atoms with Crippen LogP contribution in [0.1, 0.15) is 11.3 Å². The molecule has 3 N–H and O–H groups in total. The number of nitrogens with one attached hydrogen (secondary N) is 2. The lowest BCUT2D eigenvalue weighted by atomic mass is 10.2. The number of hydrogen-bond donors (Lipinski definition) is 3. The van der Waals surface area contributed by atoms with Gasteiger partial charge in [0.1, 0.15) is 0 Å². The van der Waals surface area contributed by atoms with Gasteiger partial charge in [0.05, 0.1) is 13.4 Å². The lowest BCUT2D eigenvalue weighted by Crippen LogP contribution is -2.23. The highest BCUT2D eigenvalue weighted by molar-refractivity contribution is 5.91. The van der Waals surface area contributed by atoms with Gasteiger partial charge in [-0.1, -0.05) is 6.07 Å². The number of benzene rings is 1. The first-order valence-corrected chi connectivity index (χ1v) is 6.49. The first-order valence-electron chi connectivity index (χ1n) is 6.49. The molecule has 0 fully saturated rings. The molecule has 0 aliphatic rings. The Balaban J connectivity index is 1.84. The first-order chi connectivity index (χ1) is 10.2. The molecule has 0 spiro atoms. The summed E-state index contributed by atoms with van der Waals surface area (Å²) in [6.45, 7) is 0.532. The summed E-state index contributed by atoms with van der Waals surface area (Å²) in [6.07, 6.45) is 7.14. The first kappa shape index (κ1) is 14.6. The van der Waals surface area contributed by atoms with Gasteiger partial charge in [0.25, 0.3) is 0 Å². The molecule has 0 aliphatic heterocycles. The highest BCUT2D eigenvalue weighted by Crippen LogP contribution is 2.26. The molecule has 1 aromatic carbocycles. The number of ether oxygens (including phenoxy) is 1. The third-order valence-electron chi connectivity index (χ3n) is 2.88. The summed E-state index contributed by atoms with van der Waals surface area (Å²) in [4.78, 5) is 18.5. The van der Waals surface area contributed by atoms with Crippen LogP contribution in [0.2, 0.25) is 0 Å². The fraction of sp³-hybridized carbons (Fsp3) is 0.200. The maximum atomic E-state index is 11.7. The Morgan fingerprint density at radius 2 is 2.38 bits per heavy atom. The van der Waals surface area contributed by atoms with Crippen LogP contribution in [0.4, 0.5) is 0 Å². The number of H-pyrrole nitrogens is 1. The number of methoxy groups -OCH3 is 1. The topological polar surface area (TPSA) is 87.2 Å². The van der Waals surface area contributed by atoms with E-state index in [2.05, 4.69) is 15.3 Å². The Morgan fingerprint density at radius 3 is 3.10 bits per heavy atom. The zero-order valence-corrected chi connectivity index (χ0v) is 11.7. The summed E-state index contributed by atoms with van der Waals surface area (Å²) in [6, 6.07) is 4.88. The van der Waals surface area contributed by atoms with Crippen LogP contribution in [0.15, 0.2) is 36.8 Å². The number of phenolic OH excluding ortho intramolecular Hbond substituents is 1. The molecule has 6 nitrogen and oxygen atoms in total. The van der Waals surface area contributed by atoms with Crippen molar-refractivity contribution in [1.29, 1.82) is 0 Å². The molecule has 1 aromatic heterocycles. The molecule has 0 aliphatic carbocycles. The number of aromatic hydroxyl groups is 1. The molecule has 0 bridgehead atoms. The SMILES string of the molecule is COc1cc(C=CC(=O)NCCc2cnc[nH]2)ccc1O. The van der Waals surface area contributed by atoms with E-state index in [4.69, 9.17) is 4.74 Å². The molecule has 0 saturated heterocycles. The molecule has 1 heterocycles. The van der Waals surface area contributed by atoms with Crippen LogP contribution in [-0.2, 0) is 11.2 Å². The predicted octanol–water partition coefficient (Wildman–Crippen LogP) is 1.50. The van der Waals surface area contributed by atoms with Crippen LogP contribution >= 0.6 is 0 Å². The molecular formula is C15H17N3O3. The minimum atomic E-state index is -0.179. The van der Waals surface area contributed by atoms with Crippen LogP contribution in [0.3, 0.4) is 0 Å². The van der Waals surface area contributed by atoms with Gasteiger partial charge in [0.2, 0.25) is 5.91 Å². The van der Waals surface area contributed by atoms with Crippen molar-refractivity contribution in [2.75, 3.05) is 13.7 Å². The number of rotatable bonds is 6. The van der Waals surface area contributed by atoms with E-state index < -0.39 is 0 Å². The molecule has 0 unspecified atom stereocenters. The fourth-order valence-corrected chi connectivity index (χ4v) is 1.77. The maximum Gasteiger partial charge on any atom is 0.244 e. The fourth-order valence-electron chi connectivity index (χ4n) is 1.77. The number of nitrogens with zero attached hydrogens (tertiary/aromatic N) is 1. The highest BCUT2D eigenvalue weighted by atomic mass is 16.5. The summed E-state index contributed by atoms with van der Waals surface area (Å²) < 4.78 is 5.00. The number of amides is 1. The van der Waals surface area contributed by atoms with E-state index in [1.807, 2.05) is 0 Å². The maximum absolute atomic E-state index is 11.7. The van der Waals surface area contributed by atoms with Crippen LogP contribution < -0.4 is 10.1 Å². The molecular weight excluding hydrogens is 270 g/mol. The van der Waals surface area contributed by atoms with Crippen molar-refractivity contribution in [3.05, 3.63) is 48.1 Å². The summed E-state index contributed by atoms with van der Waals surface area (Å²) in [5.41, 5.74) is 1.75. The average Bonchev–Trinajstić information content (AvgIpc) is 2.99. The van der Waals surface area contributed by atoms with Crippen LogP contribution in [-0.4, -0.2) is 34.6 Å². The molecule has 0 saturated carbocycles. The Labute approximate surface area is 122 Å². The number of carbonyl (C=O) groups is 1. The highest BCUT2D eigenvalue weighted by Gasteiger charge is 2.01. The van der Waals surface area contributed by atoms with Crippen molar-refractivity contribution < 1.29 is 14.6 Å². The third kappa shape index (κ3) is 4.38. The zero-order chi connectivity index (χ0) is 15.1. The standard InChI is InChI=1S/C15H17N3O3/c1-21-14-8-11(2-4-13(14)19)3-5-15(20)17-7-6-12-9-16-10-18-12/h2-5,8-10,19H,6-7H2,1H3,(H,16,18)(H,17,20). The minimum Gasteiger partial charge on any atom is -0.504 e. The monoisotopic (exact) mass is 287 g/mol. The van der Waals surface area contributed by atoms with E-state index in [1.54, 1.807) is 30.7 Å². The van der Waals surface area contributed by atoms with Crippen molar-refractivity contribution in [2.24, 2.45) is 0 Å². The van der Waals surface area contributed by atoms with Gasteiger partial charge in [-0.15, -0.1) is 0 Å². The minimum absolute atomic E-state index is 0.0682. The summed E-state index contributed by atoms with van der Waals surface area (Å²) in [5.74, 6) is 0.261.